The number of amides is 14. The topological polar surface area (TPSA) is 670 Å². The Hall–Kier alpha value is -11.5. The maximum Gasteiger partial charge on any atom is 3.00 e. The van der Waals surface area contributed by atoms with Crippen LogP contribution in [0.15, 0.2) is 85.1 Å². The Morgan fingerprint density at radius 1 is 0.441 bits per heavy atom. The van der Waals surface area contributed by atoms with Crippen LogP contribution in [0, 0.1) is 0 Å². The van der Waals surface area contributed by atoms with Crippen LogP contribution >= 0.6 is 11.8 Å². The van der Waals surface area contributed by atoms with Crippen molar-refractivity contribution >= 4 is 155 Å². The van der Waals surface area contributed by atoms with Crippen molar-refractivity contribution < 1.29 is 112 Å². The molecule has 1 fully saturated rings. The molecule has 0 saturated carbocycles. The fourth-order valence-electron chi connectivity index (χ4n) is 12.2. The molecule has 3 aromatic carbocycles. The molecular formula is C74H100InN19O23S. The van der Waals surface area contributed by atoms with Crippen LogP contribution in [0.1, 0.15) is 75.0 Å². The first kappa shape index (κ1) is 98.9. The number of rotatable bonds is 48. The van der Waals surface area contributed by atoms with Gasteiger partial charge in [-0.25, -0.2) is 0 Å². The molecule has 14 amide bonds. The molecule has 638 valence electrons. The van der Waals surface area contributed by atoms with E-state index in [9.17, 15) is 112 Å². The number of nitrogens with zero attached hydrogens (tertiary/aromatic N) is 4. The molecule has 0 radical (unpaired) electrons. The molecule has 0 bridgehead atoms. The molecule has 0 spiro atoms. The number of carboxylic acid groups (broad SMARTS) is 4. The van der Waals surface area contributed by atoms with Gasteiger partial charge in [0, 0.05) is 128 Å². The van der Waals surface area contributed by atoms with E-state index in [4.69, 9.17) is 22.9 Å². The third-order valence-corrected chi connectivity index (χ3v) is 19.1. The number of carboxylic acids is 4. The summed E-state index contributed by atoms with van der Waals surface area (Å²) in [6.07, 6.45) is -1.85. The van der Waals surface area contributed by atoms with Crippen molar-refractivity contribution in [3.63, 3.8) is 0 Å². The van der Waals surface area contributed by atoms with Gasteiger partial charge in [0.25, 0.3) is 0 Å². The van der Waals surface area contributed by atoms with Gasteiger partial charge in [-0.15, -0.1) is 0 Å². The zero-order valence-electron chi connectivity index (χ0n) is 65.0. The Balaban J connectivity index is 0.0000293. The Morgan fingerprint density at radius 3 is 1.29 bits per heavy atom. The molecule has 1 aliphatic heterocycles. The SMILES string of the molecule is CSCC[C@H](NC(=O)[C@H](Cc1c[nH]c2ccccc12)NC(=O)CNC(=O)[C@H](Cc1ccc(O)cc1)NC(=O)[C@H](C)NC(=O)[C@@H](CCC(N)=O)NC(=O)[C@@H](CCC(N)=O)NC(=O)[C@@H](CCC(N)=O)NC(=O)CN1CCN(CC(=O)[O-])CCN(CC(=O)[O-])CCN(CC(=O)[O-])CC1)C(=O)N[C@@H](CC(=O)O)C(=O)N[C@@H](Cc1ccccc1)C(N)=O.[111In+3]. The molecule has 2 heterocycles. The molecule has 21 N–H and O–H groups in total. The predicted molar refractivity (Wildman–Crippen MR) is 416 cm³/mol. The fraction of sp³-hybridized carbons (Fsp3) is 0.486. The van der Waals surface area contributed by atoms with Crippen LogP contribution < -0.4 is 91.4 Å². The maximum atomic E-state index is 14.6. The first-order chi connectivity index (χ1) is 55.4. The van der Waals surface area contributed by atoms with Crippen molar-refractivity contribution in [2.45, 2.75) is 132 Å². The van der Waals surface area contributed by atoms with Gasteiger partial charge in [-0.1, -0.05) is 60.7 Å². The van der Waals surface area contributed by atoms with E-state index in [1.54, 1.807) is 67.0 Å². The van der Waals surface area contributed by atoms with Gasteiger partial charge in [0.2, 0.25) is 82.7 Å². The molecule has 1 aliphatic rings. The van der Waals surface area contributed by atoms with Crippen molar-refractivity contribution in [2.24, 2.45) is 22.9 Å². The Labute approximate surface area is 700 Å². The summed E-state index contributed by atoms with van der Waals surface area (Å²) in [6.45, 7) is -2.38. The number of thioether (sulfide) groups is 1. The Morgan fingerprint density at radius 2 is 0.822 bits per heavy atom. The van der Waals surface area contributed by atoms with Gasteiger partial charge in [-0.3, -0.25) is 91.5 Å². The van der Waals surface area contributed by atoms with Crippen molar-refractivity contribution in [1.29, 1.82) is 0 Å². The van der Waals surface area contributed by atoms with Crippen LogP contribution in [0.3, 0.4) is 0 Å². The van der Waals surface area contributed by atoms with Gasteiger partial charge in [0.15, 0.2) is 0 Å². The third kappa shape index (κ3) is 36.8. The molecular weight excluding hydrogens is 1670 g/mol. The minimum absolute atomic E-state index is 0. The molecule has 44 heteroatoms. The number of aliphatic carboxylic acids is 4. The molecule has 0 aliphatic carbocycles. The minimum Gasteiger partial charge on any atom is -0.549 e. The van der Waals surface area contributed by atoms with Crippen LogP contribution in [-0.2, 0) is 106 Å². The van der Waals surface area contributed by atoms with Crippen LogP contribution in [-0.4, -0.2) is 319 Å². The summed E-state index contributed by atoms with van der Waals surface area (Å²) in [6, 6.07) is 6.00. The van der Waals surface area contributed by atoms with E-state index >= 15 is 0 Å². The summed E-state index contributed by atoms with van der Waals surface area (Å²) in [5.41, 5.74) is 24.0. The first-order valence-electron chi connectivity index (χ1n) is 37.2. The van der Waals surface area contributed by atoms with Gasteiger partial charge in [0.05, 0.1) is 37.4 Å². The number of phenols is 1. The summed E-state index contributed by atoms with van der Waals surface area (Å²) >= 11 is 1.27. The fourth-order valence-corrected chi connectivity index (χ4v) is 12.7. The number of H-pyrrole nitrogens is 1. The van der Waals surface area contributed by atoms with Crippen molar-refractivity contribution in [1.82, 2.24) is 77.8 Å². The molecule has 4 aromatic rings. The summed E-state index contributed by atoms with van der Waals surface area (Å²) in [5, 5.41) is 80.1. The van der Waals surface area contributed by atoms with Crippen molar-refractivity contribution in [3.05, 3.63) is 102 Å². The number of benzene rings is 3. The molecule has 0 unspecified atom stereocenters. The Kier molecular flexibility index (Phi) is 42.6. The van der Waals surface area contributed by atoms with E-state index < -0.39 is 239 Å². The summed E-state index contributed by atoms with van der Waals surface area (Å²) in [4.78, 5) is 247. The van der Waals surface area contributed by atoms with Crippen LogP contribution in [0.25, 0.3) is 10.9 Å². The second kappa shape index (κ2) is 50.9. The number of aromatic nitrogens is 1. The number of nitrogens with two attached hydrogens (primary N) is 4. The number of aromatic hydroxyl groups is 1. The van der Waals surface area contributed by atoms with Gasteiger partial charge >= 0.3 is 31.8 Å². The van der Waals surface area contributed by atoms with E-state index in [2.05, 4.69) is 58.2 Å². The second-order valence-electron chi connectivity index (χ2n) is 27.7. The quantitative estimate of drug-likeness (QED) is 0.0195. The Bertz CT molecular complexity index is 4130. The van der Waals surface area contributed by atoms with E-state index in [1.165, 1.54) is 55.6 Å². The number of nitrogens with one attached hydrogen (secondary N) is 11. The van der Waals surface area contributed by atoms with Crippen molar-refractivity contribution in [2.75, 3.05) is 97.1 Å². The number of carbonyl (C=O) groups excluding carboxylic acids is 17. The first-order valence-corrected chi connectivity index (χ1v) is 38.5. The molecule has 42 nitrogen and oxygen atoms in total. The van der Waals surface area contributed by atoms with E-state index in [-0.39, 0.29) is 115 Å². The zero-order valence-corrected chi connectivity index (χ0v) is 69.1. The van der Waals surface area contributed by atoms with Crippen LogP contribution in [0.2, 0.25) is 0 Å². The minimum atomic E-state index is -1.80. The summed E-state index contributed by atoms with van der Waals surface area (Å²) < 4.78 is 0. The zero-order chi connectivity index (χ0) is 86.4. The normalized spacial score (nSPS) is 15.3. The van der Waals surface area contributed by atoms with Crippen LogP contribution in [0.4, 0.5) is 0 Å². The third-order valence-electron chi connectivity index (χ3n) is 18.4. The summed E-state index contributed by atoms with van der Waals surface area (Å²) in [7, 11) is 0. The van der Waals surface area contributed by atoms with Crippen molar-refractivity contribution in [3.8, 4) is 5.75 Å². The van der Waals surface area contributed by atoms with E-state index in [0.29, 0.717) is 27.6 Å². The monoisotopic (exact) mass is 1770 g/mol. The number of primary amides is 4. The van der Waals surface area contributed by atoms with Gasteiger partial charge in [0.1, 0.15) is 60.1 Å². The van der Waals surface area contributed by atoms with Gasteiger partial charge < -0.3 is 121 Å². The van der Waals surface area contributed by atoms with Gasteiger partial charge in [-0.2, -0.15) is 11.8 Å². The number of aromatic amines is 1. The average molecular weight is 1770 g/mol. The number of carbonyl (C=O) groups is 18. The standard InChI is InChI=1S/C74H103N19O23S.In/c1-42(81-69(111)50(17-20-58(76)96)84-71(113)51(18-21-59(77)97)85-70(112)49(16-19-57(75)95)82-61(99)38-90-23-25-91(39-63(102)103)27-29-93(41-65(106)107)30-28-92(26-24-90)40-64(104)105)67(109)88-54(33-44-12-14-46(94)15-13-44)68(110)80-37-60(98)83-55(34-45-36-79-48-11-7-6-10-47(45)48)73(115)86-52(22-31-117-2)72(114)89-56(35-62(100)101)74(116)87-53(66(78)108)32-43-8-4-3-5-9-43;/h3-15,36,42,49-56,79,94H,16-35,37-41H2,1-2H3,(H2,75,95)(H2,76,96)(H2,77,97)(H2,78,108)(H,80,110)(H,81,111)(H,82,99)(H,83,98)(H,84,113)(H,85,112)(H,86,115)(H,87,116)(H,88,109)(H,89,114)(H,100,101)(H,102,103)(H,104,105)(H,106,107);/q;+3/p-3/t42-,49+,50+,51+,52-,53-,54-,55-,56-;/m0./s1/i;1-4. The number of para-hydroxylation sites is 1. The van der Waals surface area contributed by atoms with E-state index in [1.807, 2.05) is 0 Å². The molecule has 9 atom stereocenters. The second-order valence-corrected chi connectivity index (χ2v) is 28.7. The van der Waals surface area contributed by atoms with E-state index in [0.717, 1.165) is 6.92 Å². The number of phenolic OH excluding ortho intramolecular Hbond substituents is 1. The number of hydrogen-bond donors (Lipinski definition) is 17. The molecule has 118 heavy (non-hydrogen) atoms. The van der Waals surface area contributed by atoms with Gasteiger partial charge in [-0.05, 0) is 79.5 Å². The molecule has 5 rings (SSSR count). The summed E-state index contributed by atoms with van der Waals surface area (Å²) in [5.74, 6) is -20.3. The van der Waals surface area contributed by atoms with Crippen LogP contribution in [0.5, 0.6) is 5.75 Å². The molecule has 1 saturated heterocycles. The smallest absolute Gasteiger partial charge is 0.549 e. The number of hydrogen-bond acceptors (Lipinski definition) is 27. The maximum absolute atomic E-state index is 14.6. The molecule has 1 aromatic heterocycles. The predicted octanol–water partition coefficient (Wildman–Crippen LogP) is -11.0. The largest absolute Gasteiger partial charge is 3.00 e. The number of fused-ring (bicyclic) bond motifs is 1. The average Bonchev–Trinajstić information content (AvgIpc) is 1.68.